The summed E-state index contributed by atoms with van der Waals surface area (Å²) in [5.74, 6) is 0.377. The van der Waals surface area contributed by atoms with Crippen molar-refractivity contribution in [2.75, 3.05) is 12.4 Å². The van der Waals surface area contributed by atoms with Crippen molar-refractivity contribution < 1.29 is 18.7 Å². The highest BCUT2D eigenvalue weighted by molar-refractivity contribution is 8.00. The number of nitrogens with zero attached hydrogens (tertiary/aromatic N) is 1. The molecule has 3 rings (SSSR count). The first-order chi connectivity index (χ1) is 13.9. The van der Waals surface area contributed by atoms with Gasteiger partial charge in [0.2, 0.25) is 11.6 Å². The van der Waals surface area contributed by atoms with E-state index in [1.807, 2.05) is 6.92 Å². The van der Waals surface area contributed by atoms with Crippen molar-refractivity contribution in [1.29, 1.82) is 0 Å². The number of H-pyrrole nitrogens is 1. The Morgan fingerprint density at radius 1 is 1.28 bits per heavy atom. The molecule has 0 aliphatic rings. The molecular formula is C19H18Cl2N3O4S+. The number of methoxy groups -OCH3 is 1. The molecule has 3 aromatic rings. The Kier molecular flexibility index (Phi) is 6.89. The van der Waals surface area contributed by atoms with Crippen LogP contribution in [0.15, 0.2) is 56.8 Å². The molecule has 7 nitrogen and oxygen atoms in total. The molecule has 152 valence electrons. The van der Waals surface area contributed by atoms with E-state index in [0.717, 1.165) is 11.8 Å². The second-order valence-corrected chi connectivity index (χ2v) is 7.90. The van der Waals surface area contributed by atoms with Crippen molar-refractivity contribution in [1.82, 2.24) is 5.27 Å². The highest BCUT2D eigenvalue weighted by Crippen LogP contribution is 2.31. The van der Waals surface area contributed by atoms with Crippen LogP contribution < -0.4 is 20.4 Å². The van der Waals surface area contributed by atoms with E-state index in [0.29, 0.717) is 28.6 Å². The minimum absolute atomic E-state index is 0.245. The van der Waals surface area contributed by atoms with Gasteiger partial charge in [0.05, 0.1) is 28.1 Å². The Balaban J connectivity index is 1.83. The van der Waals surface area contributed by atoms with E-state index < -0.39 is 10.9 Å². The zero-order valence-electron chi connectivity index (χ0n) is 15.6. The van der Waals surface area contributed by atoms with Crippen LogP contribution in [0.25, 0.3) is 5.69 Å². The minimum atomic E-state index is -0.571. The van der Waals surface area contributed by atoms with E-state index in [2.05, 4.69) is 10.6 Å². The lowest BCUT2D eigenvalue weighted by Gasteiger charge is -2.13. The van der Waals surface area contributed by atoms with Crippen LogP contribution >= 0.6 is 35.0 Å². The maximum Gasteiger partial charge on any atom is 0.442 e. The molecule has 0 saturated carbocycles. The summed E-state index contributed by atoms with van der Waals surface area (Å²) in [7, 11) is 1.57. The van der Waals surface area contributed by atoms with Gasteiger partial charge < -0.3 is 10.1 Å². The number of anilines is 1. The number of benzene rings is 2. The second-order valence-electron chi connectivity index (χ2n) is 5.92. The monoisotopic (exact) mass is 454 g/mol. The third-order valence-electron chi connectivity index (χ3n) is 4.06. The molecule has 10 heteroatoms. The summed E-state index contributed by atoms with van der Waals surface area (Å²) in [6.45, 7) is 1.85. The first-order valence-corrected chi connectivity index (χ1v) is 10.3. The first kappa shape index (κ1) is 21.3. The van der Waals surface area contributed by atoms with E-state index in [4.69, 9.17) is 32.5 Å². The number of amides is 1. The largest absolute Gasteiger partial charge is 0.497 e. The molecule has 1 atom stereocenters. The zero-order chi connectivity index (χ0) is 21.0. The van der Waals surface area contributed by atoms with Gasteiger partial charge in [0, 0.05) is 12.1 Å². The van der Waals surface area contributed by atoms with Gasteiger partial charge in [0.25, 0.3) is 0 Å². The van der Waals surface area contributed by atoms with Crippen molar-refractivity contribution >= 4 is 46.6 Å². The number of nitrogens with one attached hydrogen (secondary N) is 2. The summed E-state index contributed by atoms with van der Waals surface area (Å²) in [4.78, 5) is 25.0. The standard InChI is InChI=1S/C19H17Cl2N3O4S/c1-3-15(17(25)22-14-6-4-5-13(20)16(14)21)29-18-19(26)28-23-24(18)11-7-9-12(27-2)10-8-11/h4-10,15H,3H2,1-2H3,(H-,22,23,25,26)/p+1. The first-order valence-electron chi connectivity index (χ1n) is 8.64. The third kappa shape index (κ3) is 4.77. The third-order valence-corrected chi connectivity index (χ3v) is 6.29. The molecular weight excluding hydrogens is 437 g/mol. The highest BCUT2D eigenvalue weighted by Gasteiger charge is 2.30. The van der Waals surface area contributed by atoms with Crippen LogP contribution in [-0.2, 0) is 4.79 Å². The SMILES string of the molecule is CCC(Sc1c(=O)o[nH][n+]1-c1ccc(OC)cc1)C(=O)Nc1cccc(Cl)c1Cl. The van der Waals surface area contributed by atoms with Gasteiger partial charge in [0.1, 0.15) is 5.75 Å². The predicted molar refractivity (Wildman–Crippen MR) is 112 cm³/mol. The maximum absolute atomic E-state index is 12.8. The summed E-state index contributed by atoms with van der Waals surface area (Å²) in [5.41, 5.74) is 0.498. The van der Waals surface area contributed by atoms with Gasteiger partial charge in [-0.15, -0.1) is 0 Å². The Labute approximate surface area is 180 Å². The molecule has 0 aliphatic carbocycles. The van der Waals surface area contributed by atoms with Crippen LogP contribution in [0.5, 0.6) is 5.75 Å². The van der Waals surface area contributed by atoms with Crippen LogP contribution in [0.2, 0.25) is 10.0 Å². The van der Waals surface area contributed by atoms with Gasteiger partial charge in [-0.2, -0.15) is 0 Å². The van der Waals surface area contributed by atoms with Crippen molar-refractivity contribution in [3.8, 4) is 11.4 Å². The topological polar surface area (TPSA) is 88.2 Å². The Hall–Kier alpha value is -2.42. The van der Waals surface area contributed by atoms with E-state index in [9.17, 15) is 9.59 Å². The zero-order valence-corrected chi connectivity index (χ0v) is 17.9. The van der Waals surface area contributed by atoms with E-state index >= 15 is 0 Å². The predicted octanol–water partition coefficient (Wildman–Crippen LogP) is 4.07. The highest BCUT2D eigenvalue weighted by atomic mass is 35.5. The minimum Gasteiger partial charge on any atom is -0.497 e. The van der Waals surface area contributed by atoms with Crippen LogP contribution in [0.4, 0.5) is 5.69 Å². The quantitative estimate of drug-likeness (QED) is 0.414. The van der Waals surface area contributed by atoms with E-state index in [1.165, 1.54) is 4.68 Å². The number of hydrogen-bond donors (Lipinski definition) is 2. The molecule has 1 amide bonds. The van der Waals surface area contributed by atoms with Gasteiger partial charge in [0.15, 0.2) is 0 Å². The molecule has 29 heavy (non-hydrogen) atoms. The number of carbonyl (C=O) groups excluding carboxylic acids is 1. The molecule has 0 saturated heterocycles. The number of ether oxygens (including phenoxy) is 1. The van der Waals surface area contributed by atoms with Crippen LogP contribution in [0.1, 0.15) is 13.3 Å². The lowest BCUT2D eigenvalue weighted by Crippen LogP contribution is -2.37. The molecule has 1 heterocycles. The Morgan fingerprint density at radius 3 is 2.66 bits per heavy atom. The van der Waals surface area contributed by atoms with Crippen molar-refractivity contribution in [3.05, 3.63) is 62.9 Å². The molecule has 2 aromatic carbocycles. The van der Waals surface area contributed by atoms with Crippen LogP contribution in [-0.4, -0.2) is 23.5 Å². The fourth-order valence-corrected chi connectivity index (χ4v) is 3.87. The normalized spacial score (nSPS) is 11.9. The molecule has 0 bridgehead atoms. The Morgan fingerprint density at radius 2 is 2.00 bits per heavy atom. The number of aromatic amines is 1. The van der Waals surface area contributed by atoms with Crippen LogP contribution in [0.3, 0.4) is 0 Å². The summed E-state index contributed by atoms with van der Waals surface area (Å²) in [6.07, 6.45) is 0.474. The smallest absolute Gasteiger partial charge is 0.442 e. The van der Waals surface area contributed by atoms with Crippen molar-refractivity contribution in [2.45, 2.75) is 23.6 Å². The summed E-state index contributed by atoms with van der Waals surface area (Å²) < 4.78 is 11.6. The summed E-state index contributed by atoms with van der Waals surface area (Å²) in [5, 5.41) is 5.61. The number of carbonyl (C=O) groups is 1. The van der Waals surface area contributed by atoms with Crippen molar-refractivity contribution in [2.24, 2.45) is 0 Å². The van der Waals surface area contributed by atoms with Crippen molar-refractivity contribution in [3.63, 3.8) is 0 Å². The summed E-state index contributed by atoms with van der Waals surface area (Å²) >= 11 is 13.2. The van der Waals surface area contributed by atoms with E-state index in [-0.39, 0.29) is 16.0 Å². The average molecular weight is 455 g/mol. The number of aromatic nitrogens is 2. The van der Waals surface area contributed by atoms with Gasteiger partial charge >= 0.3 is 10.7 Å². The van der Waals surface area contributed by atoms with Gasteiger partial charge in [-0.3, -0.25) is 9.32 Å². The van der Waals surface area contributed by atoms with Gasteiger partial charge in [-0.1, -0.05) is 36.2 Å². The number of rotatable bonds is 7. The average Bonchev–Trinajstić information content (AvgIpc) is 3.09. The number of hydrogen-bond acceptors (Lipinski definition) is 5. The fourth-order valence-electron chi connectivity index (χ4n) is 2.54. The molecule has 1 aromatic heterocycles. The molecule has 1 unspecified atom stereocenters. The molecule has 0 radical (unpaired) electrons. The molecule has 0 spiro atoms. The van der Waals surface area contributed by atoms with E-state index in [1.54, 1.807) is 49.6 Å². The molecule has 0 fully saturated rings. The van der Waals surface area contributed by atoms with Crippen LogP contribution in [0, 0.1) is 0 Å². The fraction of sp³-hybridized carbons (Fsp3) is 0.211. The molecule has 2 N–H and O–H groups in total. The maximum atomic E-state index is 12.8. The lowest BCUT2D eigenvalue weighted by molar-refractivity contribution is -0.704. The lowest BCUT2D eigenvalue weighted by atomic mass is 10.2. The summed E-state index contributed by atoms with van der Waals surface area (Å²) in [6, 6.07) is 12.0. The second kappa shape index (κ2) is 9.39. The number of thioether (sulfide) groups is 1. The number of halogens is 2. The Bertz CT molecular complexity index is 1070. The van der Waals surface area contributed by atoms with Gasteiger partial charge in [-0.25, -0.2) is 4.79 Å². The van der Waals surface area contributed by atoms with Gasteiger partial charge in [-0.05, 0) is 52.4 Å². The molecule has 0 aliphatic heterocycles.